The number of nitrogens with zero attached hydrogens (tertiary/aromatic N) is 4. The molecule has 128 valence electrons. The Labute approximate surface area is 141 Å². The zero-order valence-electron chi connectivity index (χ0n) is 13.8. The van der Waals surface area contributed by atoms with Gasteiger partial charge in [0.2, 0.25) is 0 Å². The second-order valence-corrected chi connectivity index (χ2v) is 6.29. The van der Waals surface area contributed by atoms with Gasteiger partial charge < -0.3 is 15.3 Å². The third kappa shape index (κ3) is 3.91. The van der Waals surface area contributed by atoms with Gasteiger partial charge in [0.05, 0.1) is 6.10 Å². The van der Waals surface area contributed by atoms with E-state index in [4.69, 9.17) is 0 Å². The van der Waals surface area contributed by atoms with Gasteiger partial charge in [-0.25, -0.2) is 14.8 Å². The average molecular weight is 329 g/mol. The number of carbonyl (C=O) groups excluding carboxylic acids is 1. The average Bonchev–Trinajstić information content (AvgIpc) is 3.26. The number of aliphatic hydroxyl groups excluding tert-OH is 1. The molecule has 2 atom stereocenters. The minimum absolute atomic E-state index is 0.132. The van der Waals surface area contributed by atoms with Crippen molar-refractivity contribution in [3.63, 3.8) is 0 Å². The summed E-state index contributed by atoms with van der Waals surface area (Å²) in [5, 5.41) is 12.7. The molecule has 1 fully saturated rings. The monoisotopic (exact) mass is 329 g/mol. The van der Waals surface area contributed by atoms with Gasteiger partial charge in [0, 0.05) is 44.6 Å². The van der Waals surface area contributed by atoms with Crippen molar-refractivity contribution in [2.75, 3.05) is 13.6 Å². The fourth-order valence-electron chi connectivity index (χ4n) is 3.05. The molecular formula is C17H23N5O2. The highest BCUT2D eigenvalue weighted by Gasteiger charge is 2.27. The zero-order chi connectivity index (χ0) is 16.9. The summed E-state index contributed by atoms with van der Waals surface area (Å²) in [4.78, 5) is 22.2. The second kappa shape index (κ2) is 7.44. The highest BCUT2D eigenvalue weighted by molar-refractivity contribution is 5.73. The minimum atomic E-state index is -0.278. The van der Waals surface area contributed by atoms with Gasteiger partial charge in [0.1, 0.15) is 12.1 Å². The molecule has 24 heavy (non-hydrogen) atoms. The van der Waals surface area contributed by atoms with E-state index < -0.39 is 0 Å². The lowest BCUT2D eigenvalue weighted by Crippen LogP contribution is -2.40. The summed E-state index contributed by atoms with van der Waals surface area (Å²) in [6, 6.07) is 3.69. The smallest absolute Gasteiger partial charge is 0.317 e. The van der Waals surface area contributed by atoms with E-state index in [0.717, 1.165) is 30.6 Å². The molecular weight excluding hydrogens is 306 g/mol. The Kier molecular flexibility index (Phi) is 5.10. The van der Waals surface area contributed by atoms with Crippen LogP contribution in [-0.4, -0.2) is 50.3 Å². The van der Waals surface area contributed by atoms with Gasteiger partial charge in [0.25, 0.3) is 0 Å². The Morgan fingerprint density at radius 3 is 2.96 bits per heavy atom. The van der Waals surface area contributed by atoms with E-state index in [1.165, 1.54) is 0 Å². The Balaban J connectivity index is 1.48. The van der Waals surface area contributed by atoms with E-state index in [9.17, 15) is 9.90 Å². The quantitative estimate of drug-likeness (QED) is 0.872. The Bertz CT molecular complexity index is 656. The maximum atomic E-state index is 12.2. The lowest BCUT2D eigenvalue weighted by atomic mass is 10.1. The summed E-state index contributed by atoms with van der Waals surface area (Å²) in [7, 11) is 1.76. The molecule has 2 unspecified atom stereocenters. The number of nitrogens with one attached hydrogen (secondary N) is 1. The van der Waals surface area contributed by atoms with Crippen LogP contribution >= 0.6 is 0 Å². The molecule has 2 aromatic rings. The standard InChI is InChI=1S/C17H23N5O2/c1-21(11-14-3-2-4-15(14)23)17(24)20-10-13-5-6-16(19-9-13)22-8-7-18-12-22/h5-9,12,14-15,23H,2-4,10-11H2,1H3,(H,20,24). The summed E-state index contributed by atoms with van der Waals surface area (Å²) < 4.78 is 1.82. The molecule has 0 spiro atoms. The van der Waals surface area contributed by atoms with Crippen LogP contribution in [0.1, 0.15) is 24.8 Å². The highest BCUT2D eigenvalue weighted by atomic mass is 16.3. The van der Waals surface area contributed by atoms with Gasteiger partial charge in [-0.1, -0.05) is 12.5 Å². The van der Waals surface area contributed by atoms with Crippen LogP contribution in [0.15, 0.2) is 37.1 Å². The van der Waals surface area contributed by atoms with E-state index in [1.54, 1.807) is 30.7 Å². The van der Waals surface area contributed by atoms with E-state index in [2.05, 4.69) is 15.3 Å². The highest BCUT2D eigenvalue weighted by Crippen LogP contribution is 2.25. The maximum Gasteiger partial charge on any atom is 0.317 e. The van der Waals surface area contributed by atoms with Crippen LogP contribution in [0.2, 0.25) is 0 Å². The Morgan fingerprint density at radius 2 is 2.33 bits per heavy atom. The zero-order valence-corrected chi connectivity index (χ0v) is 13.8. The number of hydrogen-bond acceptors (Lipinski definition) is 4. The normalized spacial score (nSPS) is 20.1. The molecule has 0 radical (unpaired) electrons. The van der Waals surface area contributed by atoms with Gasteiger partial charge in [-0.05, 0) is 24.5 Å². The van der Waals surface area contributed by atoms with Crippen LogP contribution in [-0.2, 0) is 6.54 Å². The summed E-state index contributed by atoms with van der Waals surface area (Å²) in [6.45, 7) is 1.01. The topological polar surface area (TPSA) is 83.3 Å². The molecule has 0 aliphatic heterocycles. The number of amides is 2. The third-order valence-electron chi connectivity index (χ3n) is 4.50. The first-order valence-electron chi connectivity index (χ1n) is 8.24. The Hall–Kier alpha value is -2.41. The van der Waals surface area contributed by atoms with Gasteiger partial charge in [-0.2, -0.15) is 0 Å². The lowest BCUT2D eigenvalue weighted by molar-refractivity contribution is 0.114. The molecule has 2 N–H and O–H groups in total. The maximum absolute atomic E-state index is 12.2. The largest absolute Gasteiger partial charge is 0.393 e. The van der Waals surface area contributed by atoms with Crippen molar-refractivity contribution in [2.45, 2.75) is 31.9 Å². The summed E-state index contributed by atoms with van der Waals surface area (Å²) in [5.74, 6) is 0.979. The summed E-state index contributed by atoms with van der Waals surface area (Å²) >= 11 is 0. The minimum Gasteiger partial charge on any atom is -0.393 e. The van der Waals surface area contributed by atoms with Crippen LogP contribution in [0.3, 0.4) is 0 Å². The first-order valence-corrected chi connectivity index (χ1v) is 8.24. The molecule has 1 saturated carbocycles. The number of imidazole rings is 1. The Morgan fingerprint density at radius 1 is 1.46 bits per heavy atom. The number of hydrogen-bond donors (Lipinski definition) is 2. The predicted molar refractivity (Wildman–Crippen MR) is 89.6 cm³/mol. The number of rotatable bonds is 5. The fraction of sp³-hybridized carbons (Fsp3) is 0.471. The number of carbonyl (C=O) groups is 1. The molecule has 1 aliphatic carbocycles. The number of aliphatic hydroxyl groups is 1. The molecule has 0 bridgehead atoms. The molecule has 7 heteroatoms. The van der Waals surface area contributed by atoms with Crippen LogP contribution in [0.5, 0.6) is 0 Å². The van der Waals surface area contributed by atoms with Crippen molar-refractivity contribution >= 4 is 6.03 Å². The van der Waals surface area contributed by atoms with Gasteiger partial charge in [-0.3, -0.25) is 4.57 Å². The number of pyridine rings is 1. The van der Waals surface area contributed by atoms with Gasteiger partial charge in [0.15, 0.2) is 0 Å². The fourth-order valence-corrected chi connectivity index (χ4v) is 3.05. The van der Waals surface area contributed by atoms with Crippen LogP contribution in [0.25, 0.3) is 5.82 Å². The molecule has 7 nitrogen and oxygen atoms in total. The van der Waals surface area contributed by atoms with Crippen molar-refractivity contribution < 1.29 is 9.90 Å². The van der Waals surface area contributed by atoms with Crippen molar-refractivity contribution in [1.82, 2.24) is 24.8 Å². The van der Waals surface area contributed by atoms with Crippen LogP contribution in [0.4, 0.5) is 4.79 Å². The van der Waals surface area contributed by atoms with Crippen molar-refractivity contribution in [3.05, 3.63) is 42.6 Å². The first-order chi connectivity index (χ1) is 11.6. The van der Waals surface area contributed by atoms with Gasteiger partial charge >= 0.3 is 6.03 Å². The molecule has 2 heterocycles. The van der Waals surface area contributed by atoms with E-state index in [0.29, 0.717) is 13.1 Å². The SMILES string of the molecule is CN(CC1CCCC1O)C(=O)NCc1ccc(-n2ccnc2)nc1. The third-order valence-corrected chi connectivity index (χ3v) is 4.50. The molecule has 2 amide bonds. The van der Waals surface area contributed by atoms with E-state index in [-0.39, 0.29) is 18.1 Å². The lowest BCUT2D eigenvalue weighted by Gasteiger charge is -2.23. The molecule has 0 saturated heterocycles. The van der Waals surface area contributed by atoms with Crippen LogP contribution in [0, 0.1) is 5.92 Å². The summed E-state index contributed by atoms with van der Waals surface area (Å²) in [5.41, 5.74) is 0.932. The number of aromatic nitrogens is 3. The molecule has 1 aliphatic rings. The van der Waals surface area contributed by atoms with Crippen molar-refractivity contribution in [3.8, 4) is 5.82 Å². The van der Waals surface area contributed by atoms with E-state index in [1.807, 2.05) is 22.9 Å². The van der Waals surface area contributed by atoms with E-state index >= 15 is 0 Å². The molecule has 3 rings (SSSR count). The number of urea groups is 1. The van der Waals surface area contributed by atoms with Gasteiger partial charge in [-0.15, -0.1) is 0 Å². The van der Waals surface area contributed by atoms with Crippen LogP contribution < -0.4 is 5.32 Å². The predicted octanol–water partition coefficient (Wildman–Crippen LogP) is 1.57. The van der Waals surface area contributed by atoms with Crippen molar-refractivity contribution in [1.29, 1.82) is 0 Å². The van der Waals surface area contributed by atoms with Crippen molar-refractivity contribution in [2.24, 2.45) is 5.92 Å². The molecule has 2 aromatic heterocycles. The second-order valence-electron chi connectivity index (χ2n) is 6.29. The molecule has 0 aromatic carbocycles. The summed E-state index contributed by atoms with van der Waals surface area (Å²) in [6.07, 6.45) is 9.56. The first kappa shape index (κ1) is 16.4.